The fourth-order valence-corrected chi connectivity index (χ4v) is 2.12. The van der Waals surface area contributed by atoms with Crippen molar-refractivity contribution < 1.29 is 18.7 Å². The van der Waals surface area contributed by atoms with Gasteiger partial charge in [0.15, 0.2) is 11.6 Å². The van der Waals surface area contributed by atoms with Gasteiger partial charge in [-0.25, -0.2) is 4.39 Å². The van der Waals surface area contributed by atoms with Gasteiger partial charge >= 0.3 is 0 Å². The van der Waals surface area contributed by atoms with Crippen molar-refractivity contribution in [1.29, 1.82) is 0 Å². The van der Waals surface area contributed by atoms with E-state index in [4.69, 9.17) is 4.74 Å². The molecule has 2 amide bonds. The molecule has 1 aromatic carbocycles. The number of hydrogen-bond acceptors (Lipinski definition) is 3. The minimum atomic E-state index is -0.611. The molecule has 1 aliphatic heterocycles. The highest BCUT2D eigenvalue weighted by Gasteiger charge is 2.27. The van der Waals surface area contributed by atoms with Crippen LogP contribution in [-0.2, 0) is 9.59 Å². The monoisotopic (exact) mass is 280 g/mol. The van der Waals surface area contributed by atoms with Gasteiger partial charge in [-0.2, -0.15) is 0 Å². The summed E-state index contributed by atoms with van der Waals surface area (Å²) in [7, 11) is 0. The number of anilines is 1. The molecule has 1 saturated heterocycles. The summed E-state index contributed by atoms with van der Waals surface area (Å²) in [5, 5.41) is 2.59. The summed E-state index contributed by atoms with van der Waals surface area (Å²) in [5.74, 6) is -0.798. The first-order valence-electron chi connectivity index (χ1n) is 6.56. The van der Waals surface area contributed by atoms with Crippen LogP contribution in [0.2, 0.25) is 0 Å². The Morgan fingerprint density at radius 3 is 2.85 bits per heavy atom. The number of carbonyl (C=O) groups is 2. The summed E-state index contributed by atoms with van der Waals surface area (Å²) in [5.41, 5.74) is 0.430. The number of nitrogens with zero attached hydrogens (tertiary/aromatic N) is 1. The molecule has 5 nitrogen and oxygen atoms in total. The molecule has 1 unspecified atom stereocenters. The number of halogens is 1. The van der Waals surface area contributed by atoms with Gasteiger partial charge in [0.25, 0.3) is 0 Å². The third-order valence-electron chi connectivity index (χ3n) is 3.10. The zero-order valence-electron chi connectivity index (χ0n) is 11.5. The number of benzene rings is 1. The zero-order chi connectivity index (χ0) is 14.7. The molecule has 20 heavy (non-hydrogen) atoms. The standard InChI is InChI=1S/C14H17FN2O3/c1-3-20-12-5-4-10(8-11(12)15)17-7-6-13(18)16-9(2)14(17)19/h4-5,8-9H,3,6-7H2,1-2H3,(H,16,18). The minimum Gasteiger partial charge on any atom is -0.491 e. The fraction of sp³-hybridized carbons (Fsp3) is 0.429. The Bertz CT molecular complexity index is 533. The molecule has 1 fully saturated rings. The topological polar surface area (TPSA) is 58.6 Å². The van der Waals surface area contributed by atoms with Crippen LogP contribution in [0, 0.1) is 5.82 Å². The first-order valence-corrected chi connectivity index (χ1v) is 6.56. The van der Waals surface area contributed by atoms with Crippen molar-refractivity contribution in [1.82, 2.24) is 5.32 Å². The normalized spacial score (nSPS) is 19.6. The third-order valence-corrected chi connectivity index (χ3v) is 3.10. The van der Waals surface area contributed by atoms with E-state index in [1.807, 2.05) is 0 Å². The van der Waals surface area contributed by atoms with Gasteiger partial charge in [-0.1, -0.05) is 0 Å². The maximum Gasteiger partial charge on any atom is 0.249 e. The first-order chi connectivity index (χ1) is 9.52. The summed E-state index contributed by atoms with van der Waals surface area (Å²) in [6.07, 6.45) is 0.199. The highest BCUT2D eigenvalue weighted by Crippen LogP contribution is 2.25. The number of hydrogen-bond donors (Lipinski definition) is 1. The van der Waals surface area contributed by atoms with E-state index in [-0.39, 0.29) is 30.5 Å². The third kappa shape index (κ3) is 2.89. The van der Waals surface area contributed by atoms with Crippen LogP contribution in [0.4, 0.5) is 10.1 Å². The molecule has 1 atom stereocenters. The lowest BCUT2D eigenvalue weighted by atomic mass is 10.2. The number of nitrogens with one attached hydrogen (secondary N) is 1. The molecular formula is C14H17FN2O3. The average Bonchev–Trinajstić information content (AvgIpc) is 2.53. The molecule has 1 N–H and O–H groups in total. The predicted octanol–water partition coefficient (Wildman–Crippen LogP) is 1.47. The second-order valence-electron chi connectivity index (χ2n) is 4.58. The first kappa shape index (κ1) is 14.3. The number of ether oxygens (including phenoxy) is 1. The van der Waals surface area contributed by atoms with E-state index in [1.54, 1.807) is 19.9 Å². The Labute approximate surface area is 116 Å². The highest BCUT2D eigenvalue weighted by atomic mass is 19.1. The van der Waals surface area contributed by atoms with Gasteiger partial charge in [0, 0.05) is 24.7 Å². The van der Waals surface area contributed by atoms with Crippen LogP contribution in [0.15, 0.2) is 18.2 Å². The molecule has 0 spiro atoms. The molecule has 0 saturated carbocycles. The van der Waals surface area contributed by atoms with Crippen LogP contribution in [-0.4, -0.2) is 31.0 Å². The lowest BCUT2D eigenvalue weighted by Crippen LogP contribution is -2.42. The van der Waals surface area contributed by atoms with Gasteiger partial charge in [0.05, 0.1) is 6.61 Å². The van der Waals surface area contributed by atoms with Crippen molar-refractivity contribution >= 4 is 17.5 Å². The second-order valence-corrected chi connectivity index (χ2v) is 4.58. The Kier molecular flexibility index (Phi) is 4.22. The van der Waals surface area contributed by atoms with Crippen LogP contribution < -0.4 is 15.0 Å². The molecule has 108 valence electrons. The van der Waals surface area contributed by atoms with Crippen molar-refractivity contribution in [3.8, 4) is 5.75 Å². The smallest absolute Gasteiger partial charge is 0.249 e. The Balaban J connectivity index is 2.27. The average molecular weight is 280 g/mol. The van der Waals surface area contributed by atoms with Crippen LogP contribution in [0.5, 0.6) is 5.75 Å². The van der Waals surface area contributed by atoms with Gasteiger partial charge in [-0.15, -0.1) is 0 Å². The number of carbonyl (C=O) groups excluding carboxylic acids is 2. The molecular weight excluding hydrogens is 263 g/mol. The van der Waals surface area contributed by atoms with Crippen LogP contribution in [0.25, 0.3) is 0 Å². The molecule has 0 bridgehead atoms. The Morgan fingerprint density at radius 1 is 1.45 bits per heavy atom. The highest BCUT2D eigenvalue weighted by molar-refractivity contribution is 6.01. The van der Waals surface area contributed by atoms with E-state index in [0.29, 0.717) is 12.3 Å². The Morgan fingerprint density at radius 2 is 2.20 bits per heavy atom. The lowest BCUT2D eigenvalue weighted by molar-refractivity contribution is -0.125. The summed E-state index contributed by atoms with van der Waals surface area (Å²) in [6.45, 7) is 3.99. The van der Waals surface area contributed by atoms with Crippen molar-refractivity contribution in [3.05, 3.63) is 24.0 Å². The van der Waals surface area contributed by atoms with Gasteiger partial charge in [-0.3, -0.25) is 9.59 Å². The number of rotatable bonds is 3. The molecule has 0 radical (unpaired) electrons. The van der Waals surface area contributed by atoms with E-state index in [1.165, 1.54) is 17.0 Å². The van der Waals surface area contributed by atoms with Crippen molar-refractivity contribution in [3.63, 3.8) is 0 Å². The SMILES string of the molecule is CCOc1ccc(N2CCC(=O)NC(C)C2=O)cc1F. The molecule has 1 aromatic rings. The second kappa shape index (κ2) is 5.90. The van der Waals surface area contributed by atoms with E-state index in [9.17, 15) is 14.0 Å². The molecule has 0 aromatic heterocycles. The van der Waals surface area contributed by atoms with Crippen molar-refractivity contribution in [2.24, 2.45) is 0 Å². The summed E-state index contributed by atoms with van der Waals surface area (Å²) in [4.78, 5) is 25.0. The lowest BCUT2D eigenvalue weighted by Gasteiger charge is -2.22. The quantitative estimate of drug-likeness (QED) is 0.912. The van der Waals surface area contributed by atoms with Gasteiger partial charge in [0.1, 0.15) is 6.04 Å². The summed E-state index contributed by atoms with van der Waals surface area (Å²) < 4.78 is 19.0. The van der Waals surface area contributed by atoms with E-state index < -0.39 is 11.9 Å². The predicted molar refractivity (Wildman–Crippen MR) is 72.1 cm³/mol. The Hall–Kier alpha value is -2.11. The van der Waals surface area contributed by atoms with E-state index in [0.717, 1.165) is 0 Å². The molecule has 1 aliphatic rings. The molecule has 2 rings (SSSR count). The maximum absolute atomic E-state index is 13.8. The van der Waals surface area contributed by atoms with E-state index in [2.05, 4.69) is 5.32 Å². The maximum atomic E-state index is 13.8. The van der Waals surface area contributed by atoms with Crippen molar-refractivity contribution in [2.45, 2.75) is 26.3 Å². The number of amides is 2. The van der Waals surface area contributed by atoms with Crippen molar-refractivity contribution in [2.75, 3.05) is 18.1 Å². The van der Waals surface area contributed by atoms with Crippen LogP contribution >= 0.6 is 0 Å². The molecule has 1 heterocycles. The van der Waals surface area contributed by atoms with Crippen LogP contribution in [0.3, 0.4) is 0 Å². The van der Waals surface area contributed by atoms with E-state index >= 15 is 0 Å². The van der Waals surface area contributed by atoms with Gasteiger partial charge < -0.3 is 15.0 Å². The zero-order valence-corrected chi connectivity index (χ0v) is 11.5. The molecule has 0 aliphatic carbocycles. The fourth-order valence-electron chi connectivity index (χ4n) is 2.12. The van der Waals surface area contributed by atoms with Gasteiger partial charge in [-0.05, 0) is 26.0 Å². The minimum absolute atomic E-state index is 0.153. The summed E-state index contributed by atoms with van der Waals surface area (Å²) in [6, 6.07) is 3.76. The van der Waals surface area contributed by atoms with Crippen LogP contribution in [0.1, 0.15) is 20.3 Å². The summed E-state index contributed by atoms with van der Waals surface area (Å²) >= 11 is 0. The van der Waals surface area contributed by atoms with Gasteiger partial charge in [0.2, 0.25) is 11.8 Å². The largest absolute Gasteiger partial charge is 0.491 e. The molecule has 6 heteroatoms.